The first kappa shape index (κ1) is 69.5. The van der Waals surface area contributed by atoms with E-state index >= 15 is 0 Å². The fourth-order valence-corrected chi connectivity index (χ4v) is 7.35. The summed E-state index contributed by atoms with van der Waals surface area (Å²) >= 11 is 8.05. The van der Waals surface area contributed by atoms with Crippen molar-refractivity contribution in [3.63, 3.8) is 0 Å². The molecule has 9 amide bonds. The highest BCUT2D eigenvalue weighted by atomic mass is 32.1. The number of carboxylic acids is 3. The van der Waals surface area contributed by atoms with E-state index in [0.29, 0.717) is 19.4 Å². The lowest BCUT2D eigenvalue weighted by Gasteiger charge is -2.29. The van der Waals surface area contributed by atoms with Crippen LogP contribution in [0.5, 0.6) is 0 Å². The lowest BCUT2D eigenvalue weighted by molar-refractivity contribution is -0.143. The highest BCUT2D eigenvalue weighted by molar-refractivity contribution is 7.80. The molecule has 0 aromatic carbocycles. The van der Waals surface area contributed by atoms with Crippen molar-refractivity contribution in [3.05, 3.63) is 0 Å². The van der Waals surface area contributed by atoms with E-state index in [1.165, 1.54) is 13.8 Å². The number of amides is 9. The van der Waals surface area contributed by atoms with Gasteiger partial charge in [-0.05, 0) is 69.2 Å². The van der Waals surface area contributed by atoms with E-state index in [1.54, 1.807) is 27.7 Å². The standard InChI is InChI=1S/C45H80N14O15S2/c1-21(2)14-27(38(67)54-26(44(73)74)10-7-8-12-46)55-40(69)30(17-34(63)64)56-39(68)28(15-22(3)4)57-43(72)35(23(5)6)59-41(70)29(16-33(61)62)52-32(60)18-51-37(66)25(11-9-13-50-45(48)49)53-42(71)31(20-76)58-36(65)24(47)19-75/h21-31,35,75-76H,7-20,46-47H2,1-6H3,(H,51,66)(H,52,60)(H,53,71)(H,54,67)(H,55,69)(H,56,68)(H,57,72)(H,58,65)(H,59,70)(H,61,62)(H,63,64)(H,73,74)(H4,48,49,50)/t24-,25-,26-,27-,28-,29-,30-,31-,35-/m0/s1. The molecule has 31 heteroatoms. The molecular weight excluding hydrogens is 1040 g/mol. The van der Waals surface area contributed by atoms with Crippen molar-refractivity contribution in [2.45, 2.75) is 154 Å². The minimum Gasteiger partial charge on any atom is -0.481 e. The molecule has 0 rings (SSSR count). The summed E-state index contributed by atoms with van der Waals surface area (Å²) in [4.78, 5) is 160. The zero-order chi connectivity index (χ0) is 58.4. The largest absolute Gasteiger partial charge is 0.481 e. The van der Waals surface area contributed by atoms with E-state index in [0.717, 1.165) is 0 Å². The summed E-state index contributed by atoms with van der Waals surface area (Å²) in [6.07, 6.45) is -1.16. The second-order valence-corrected chi connectivity index (χ2v) is 19.7. The maximum absolute atomic E-state index is 13.9. The Bertz CT molecular complexity index is 2030. The van der Waals surface area contributed by atoms with E-state index in [1.807, 2.05) is 0 Å². The molecule has 29 nitrogen and oxygen atoms in total. The van der Waals surface area contributed by atoms with Gasteiger partial charge in [-0.25, -0.2) is 4.79 Å². The lowest BCUT2D eigenvalue weighted by atomic mass is 9.99. The van der Waals surface area contributed by atoms with Crippen molar-refractivity contribution in [2.24, 2.45) is 45.7 Å². The van der Waals surface area contributed by atoms with E-state index in [9.17, 15) is 72.9 Å². The molecule has 0 spiro atoms. The van der Waals surface area contributed by atoms with Crippen molar-refractivity contribution < 1.29 is 72.9 Å². The Morgan fingerprint density at radius 2 is 0.934 bits per heavy atom. The van der Waals surface area contributed by atoms with Crippen molar-refractivity contribution in [3.8, 4) is 0 Å². The van der Waals surface area contributed by atoms with Crippen LogP contribution in [-0.4, -0.2) is 178 Å². The monoisotopic (exact) mass is 1120 g/mol. The lowest BCUT2D eigenvalue weighted by Crippen LogP contribution is -2.61. The van der Waals surface area contributed by atoms with Crippen LogP contribution in [0.2, 0.25) is 0 Å². The average molecular weight is 1120 g/mol. The number of carbonyl (C=O) groups excluding carboxylic acids is 9. The molecule has 432 valence electrons. The predicted octanol–water partition coefficient (Wildman–Crippen LogP) is -4.87. The van der Waals surface area contributed by atoms with Crippen LogP contribution in [0.1, 0.15) is 99.3 Å². The number of hydrogen-bond donors (Lipinski definition) is 18. The topological polar surface area (TPSA) is 490 Å². The van der Waals surface area contributed by atoms with Crippen LogP contribution in [0, 0.1) is 17.8 Å². The van der Waals surface area contributed by atoms with Crippen LogP contribution in [0.4, 0.5) is 0 Å². The Balaban J connectivity index is 6.38. The molecular formula is C45H80N14O15S2. The number of rotatable bonds is 38. The first-order valence-electron chi connectivity index (χ1n) is 24.6. The van der Waals surface area contributed by atoms with Gasteiger partial charge in [-0.1, -0.05) is 41.5 Å². The number of thiol groups is 2. The summed E-state index contributed by atoms with van der Waals surface area (Å²) in [5, 5.41) is 50.4. The van der Waals surface area contributed by atoms with Gasteiger partial charge < -0.3 is 86.1 Å². The molecule has 0 aromatic heterocycles. The molecule has 0 unspecified atom stereocenters. The maximum atomic E-state index is 13.9. The number of nitrogens with one attached hydrogen (secondary N) is 9. The Morgan fingerprint density at radius 3 is 1.39 bits per heavy atom. The second kappa shape index (κ2) is 36.5. The van der Waals surface area contributed by atoms with E-state index in [4.69, 9.17) is 22.9 Å². The average Bonchev–Trinajstić information content (AvgIpc) is 3.32. The fourth-order valence-electron chi connectivity index (χ4n) is 6.93. The number of guanidine groups is 1. The molecule has 20 N–H and O–H groups in total. The number of nitrogens with zero attached hydrogens (tertiary/aromatic N) is 1. The van der Waals surface area contributed by atoms with Gasteiger partial charge in [0.05, 0.1) is 25.4 Å². The molecule has 0 aliphatic heterocycles. The van der Waals surface area contributed by atoms with Gasteiger partial charge in [0.15, 0.2) is 5.96 Å². The second-order valence-electron chi connectivity index (χ2n) is 18.9. The van der Waals surface area contributed by atoms with Gasteiger partial charge in [-0.15, -0.1) is 0 Å². The summed E-state index contributed by atoms with van der Waals surface area (Å²) in [6.45, 7) is 9.25. The molecule has 9 atom stereocenters. The van der Waals surface area contributed by atoms with Gasteiger partial charge in [0, 0.05) is 18.1 Å². The number of unbranched alkanes of at least 4 members (excludes halogenated alkanes) is 1. The smallest absolute Gasteiger partial charge is 0.326 e. The molecule has 76 heavy (non-hydrogen) atoms. The summed E-state index contributed by atoms with van der Waals surface area (Å²) < 4.78 is 0. The molecule has 0 saturated carbocycles. The minimum absolute atomic E-state index is 0.0107. The number of aliphatic carboxylic acids is 3. The SMILES string of the molecule is CC(C)C[C@H](NC(=O)[C@H](CC(=O)O)NC(=O)[C@H](CC(C)C)NC(=O)[C@@H](NC(=O)[C@H](CC(=O)O)NC(=O)CNC(=O)[C@H](CCCN=C(N)N)NC(=O)[C@H](CS)NC(=O)[C@@H](N)CS)C(C)C)C(=O)N[C@@H](CCCCN)C(=O)O. The molecule has 0 bridgehead atoms. The quantitative estimate of drug-likeness (QED) is 0.0119. The molecule has 0 fully saturated rings. The van der Waals surface area contributed by atoms with Crippen LogP contribution in [0.25, 0.3) is 0 Å². The van der Waals surface area contributed by atoms with Crippen LogP contribution in [0.3, 0.4) is 0 Å². The van der Waals surface area contributed by atoms with Crippen molar-refractivity contribution in [1.29, 1.82) is 0 Å². The first-order valence-corrected chi connectivity index (χ1v) is 25.8. The van der Waals surface area contributed by atoms with Gasteiger partial charge in [-0.2, -0.15) is 25.3 Å². The Hall–Kier alpha value is -6.47. The fraction of sp³-hybridized carbons (Fsp3) is 0.711. The van der Waals surface area contributed by atoms with Crippen LogP contribution in [0.15, 0.2) is 4.99 Å². The number of carboxylic acid groups (broad SMARTS) is 3. The highest BCUT2D eigenvalue weighted by Crippen LogP contribution is 2.12. The minimum atomic E-state index is -1.85. The molecule has 0 aliphatic carbocycles. The third kappa shape index (κ3) is 28.4. The molecule has 0 aromatic rings. The van der Waals surface area contributed by atoms with Gasteiger partial charge in [-0.3, -0.25) is 57.7 Å². The Kier molecular flexibility index (Phi) is 33.4. The number of aliphatic imine (C=N–C) groups is 1. The van der Waals surface area contributed by atoms with E-state index in [-0.39, 0.29) is 67.9 Å². The van der Waals surface area contributed by atoms with Crippen LogP contribution < -0.4 is 70.8 Å². The van der Waals surface area contributed by atoms with Gasteiger partial charge in [0.1, 0.15) is 48.3 Å². The summed E-state index contributed by atoms with van der Waals surface area (Å²) in [7, 11) is 0. The van der Waals surface area contributed by atoms with Crippen molar-refractivity contribution in [2.75, 3.05) is 31.1 Å². The van der Waals surface area contributed by atoms with Gasteiger partial charge in [0.2, 0.25) is 53.2 Å². The zero-order valence-corrected chi connectivity index (χ0v) is 45.5. The summed E-state index contributed by atoms with van der Waals surface area (Å²) in [5.41, 5.74) is 21.9. The summed E-state index contributed by atoms with van der Waals surface area (Å²) in [6, 6.07) is -13.0. The molecule has 0 heterocycles. The normalized spacial score (nSPS) is 14.6. The van der Waals surface area contributed by atoms with Crippen molar-refractivity contribution >= 4 is 102 Å². The first-order chi connectivity index (χ1) is 35.5. The third-order valence-corrected chi connectivity index (χ3v) is 11.6. The van der Waals surface area contributed by atoms with Gasteiger partial charge >= 0.3 is 17.9 Å². The predicted molar refractivity (Wildman–Crippen MR) is 283 cm³/mol. The number of nitrogens with two attached hydrogens (primary N) is 4. The highest BCUT2D eigenvalue weighted by Gasteiger charge is 2.36. The van der Waals surface area contributed by atoms with E-state index in [2.05, 4.69) is 78.1 Å². The molecule has 0 saturated heterocycles. The third-order valence-electron chi connectivity index (χ3n) is 10.9. The van der Waals surface area contributed by atoms with Crippen LogP contribution in [-0.2, 0) is 57.5 Å². The van der Waals surface area contributed by atoms with E-state index < -0.39 is 151 Å². The maximum Gasteiger partial charge on any atom is 0.326 e. The molecule has 0 aliphatic rings. The number of carbonyl (C=O) groups is 12. The van der Waals surface area contributed by atoms with Gasteiger partial charge in [0.25, 0.3) is 0 Å². The Labute approximate surface area is 452 Å². The Morgan fingerprint density at radius 1 is 0.500 bits per heavy atom. The summed E-state index contributed by atoms with van der Waals surface area (Å²) in [5.74, 6) is -15.0. The van der Waals surface area contributed by atoms with Crippen molar-refractivity contribution in [1.82, 2.24) is 47.9 Å². The molecule has 0 radical (unpaired) electrons. The zero-order valence-electron chi connectivity index (χ0n) is 43.7. The van der Waals surface area contributed by atoms with Crippen LogP contribution >= 0.6 is 25.3 Å². The number of hydrogen-bond acceptors (Lipinski definition) is 17.